The molecule has 2 aromatic heterocycles. The zero-order valence-electron chi connectivity index (χ0n) is 15.2. The fraction of sp³-hybridized carbons (Fsp3) is 0.550. The van der Waals surface area contributed by atoms with Crippen molar-refractivity contribution in [3.05, 3.63) is 58.3 Å². The first-order chi connectivity index (χ1) is 12.5. The fourth-order valence-electron chi connectivity index (χ4n) is 4.63. The predicted octanol–water partition coefficient (Wildman–Crippen LogP) is 1.89. The molecule has 4 rings (SSSR count). The number of pyridine rings is 1. The largest absolute Gasteiger partial charge is 0.388 e. The smallest absolute Gasteiger partial charge is 0.266 e. The quantitative estimate of drug-likeness (QED) is 0.908. The molecule has 0 aliphatic carbocycles. The lowest BCUT2D eigenvalue weighted by Crippen LogP contribution is -2.59. The summed E-state index contributed by atoms with van der Waals surface area (Å²) >= 11 is 0. The Morgan fingerprint density at radius 1 is 1.19 bits per heavy atom. The molecule has 0 amide bonds. The third-order valence-electron chi connectivity index (χ3n) is 5.76. The molecule has 2 aliphatic heterocycles. The van der Waals surface area contributed by atoms with Crippen LogP contribution in [-0.2, 0) is 13.1 Å². The van der Waals surface area contributed by atoms with E-state index in [1.807, 2.05) is 25.3 Å². The van der Waals surface area contributed by atoms with Gasteiger partial charge in [-0.3, -0.25) is 14.7 Å². The minimum atomic E-state index is -0.874. The van der Waals surface area contributed by atoms with Crippen molar-refractivity contribution in [2.75, 3.05) is 0 Å². The molecule has 0 aromatic carbocycles. The summed E-state index contributed by atoms with van der Waals surface area (Å²) in [5.74, 6) is 0. The topological polar surface area (TPSA) is 71.2 Å². The van der Waals surface area contributed by atoms with Crippen LogP contribution in [0.25, 0.3) is 0 Å². The number of aromatic nitrogens is 3. The monoisotopic (exact) mass is 354 g/mol. The number of hydrogen-bond acceptors (Lipinski definition) is 5. The van der Waals surface area contributed by atoms with Crippen molar-refractivity contribution in [1.82, 2.24) is 19.7 Å². The molecular formula is C20H26N4O2. The zero-order valence-corrected chi connectivity index (χ0v) is 15.2. The van der Waals surface area contributed by atoms with Gasteiger partial charge in [0.15, 0.2) is 0 Å². The molecule has 2 aromatic rings. The normalized spacial score (nSPS) is 28.8. The summed E-state index contributed by atoms with van der Waals surface area (Å²) in [6.07, 6.45) is 6.56. The van der Waals surface area contributed by atoms with Crippen molar-refractivity contribution in [2.24, 2.45) is 0 Å². The van der Waals surface area contributed by atoms with E-state index in [-0.39, 0.29) is 12.1 Å². The molecule has 0 spiro atoms. The highest BCUT2D eigenvalue weighted by Crippen LogP contribution is 2.40. The van der Waals surface area contributed by atoms with E-state index >= 15 is 0 Å². The molecule has 6 nitrogen and oxygen atoms in total. The fourth-order valence-corrected chi connectivity index (χ4v) is 4.63. The second-order valence-electron chi connectivity index (χ2n) is 7.84. The Morgan fingerprint density at radius 3 is 2.65 bits per heavy atom. The minimum Gasteiger partial charge on any atom is -0.388 e. The molecule has 1 N–H and O–H groups in total. The molecule has 3 atom stereocenters. The van der Waals surface area contributed by atoms with Crippen LogP contribution in [0, 0.1) is 6.92 Å². The van der Waals surface area contributed by atoms with Gasteiger partial charge in [0.25, 0.3) is 5.56 Å². The molecule has 2 fully saturated rings. The Balaban J connectivity index is 1.53. The van der Waals surface area contributed by atoms with E-state index in [1.165, 1.54) is 17.2 Å². The first-order valence-corrected chi connectivity index (χ1v) is 9.45. The Hall–Kier alpha value is -2.05. The van der Waals surface area contributed by atoms with Gasteiger partial charge in [0, 0.05) is 30.9 Å². The van der Waals surface area contributed by atoms with Gasteiger partial charge >= 0.3 is 0 Å². The van der Waals surface area contributed by atoms with Crippen LogP contribution in [0.4, 0.5) is 0 Å². The second-order valence-corrected chi connectivity index (χ2v) is 7.84. The van der Waals surface area contributed by atoms with E-state index in [9.17, 15) is 9.90 Å². The molecule has 2 saturated heterocycles. The van der Waals surface area contributed by atoms with Gasteiger partial charge in [-0.1, -0.05) is 12.5 Å². The van der Waals surface area contributed by atoms with E-state index in [1.54, 1.807) is 6.07 Å². The van der Waals surface area contributed by atoms with E-state index < -0.39 is 5.60 Å². The van der Waals surface area contributed by atoms with Crippen LogP contribution < -0.4 is 5.56 Å². The summed E-state index contributed by atoms with van der Waals surface area (Å²) in [5.41, 5.74) is 0.846. The van der Waals surface area contributed by atoms with Crippen LogP contribution in [-0.4, -0.2) is 42.5 Å². The molecular weight excluding hydrogens is 328 g/mol. The Morgan fingerprint density at radius 2 is 1.96 bits per heavy atom. The van der Waals surface area contributed by atoms with Crippen LogP contribution in [0.2, 0.25) is 0 Å². The SMILES string of the molecule is Cc1ccc(=O)n(CC2(O)C[C@H]3CCC[C@@H](C2)N3Cc2ccccn2)n1. The summed E-state index contributed by atoms with van der Waals surface area (Å²) in [6, 6.07) is 9.92. The Kier molecular flexibility index (Phi) is 4.63. The van der Waals surface area contributed by atoms with Gasteiger partial charge in [-0.05, 0) is 50.8 Å². The van der Waals surface area contributed by atoms with Crippen LogP contribution in [0.3, 0.4) is 0 Å². The number of aryl methyl sites for hydroxylation is 1. The van der Waals surface area contributed by atoms with Gasteiger partial charge in [0.1, 0.15) is 0 Å². The van der Waals surface area contributed by atoms with E-state index in [2.05, 4.69) is 21.0 Å². The molecule has 0 saturated carbocycles. The number of aliphatic hydroxyl groups is 1. The van der Waals surface area contributed by atoms with E-state index in [0.29, 0.717) is 24.9 Å². The van der Waals surface area contributed by atoms with Crippen LogP contribution >= 0.6 is 0 Å². The number of nitrogens with zero attached hydrogens (tertiary/aromatic N) is 4. The summed E-state index contributed by atoms with van der Waals surface area (Å²) in [5, 5.41) is 15.6. The Bertz CT molecular complexity index is 806. The van der Waals surface area contributed by atoms with E-state index in [0.717, 1.165) is 30.8 Å². The first kappa shape index (κ1) is 17.4. The van der Waals surface area contributed by atoms with Crippen LogP contribution in [0.15, 0.2) is 41.3 Å². The van der Waals surface area contributed by atoms with Gasteiger partial charge in [0.05, 0.1) is 23.5 Å². The van der Waals surface area contributed by atoms with Crippen molar-refractivity contribution in [3.8, 4) is 0 Å². The molecule has 6 heteroatoms. The van der Waals surface area contributed by atoms with Crippen molar-refractivity contribution >= 4 is 0 Å². The molecule has 26 heavy (non-hydrogen) atoms. The van der Waals surface area contributed by atoms with E-state index in [4.69, 9.17) is 0 Å². The number of fused-ring (bicyclic) bond motifs is 2. The molecule has 1 unspecified atom stereocenters. The number of hydrogen-bond donors (Lipinski definition) is 1. The average Bonchev–Trinajstić information content (AvgIpc) is 2.60. The lowest BCUT2D eigenvalue weighted by molar-refractivity contribution is -0.105. The highest BCUT2D eigenvalue weighted by molar-refractivity contribution is 5.07. The van der Waals surface area contributed by atoms with Crippen LogP contribution in [0.5, 0.6) is 0 Å². The highest BCUT2D eigenvalue weighted by Gasteiger charge is 2.45. The van der Waals surface area contributed by atoms with Gasteiger partial charge in [-0.2, -0.15) is 5.10 Å². The Labute approximate surface area is 153 Å². The van der Waals surface area contributed by atoms with Crippen molar-refractivity contribution in [1.29, 1.82) is 0 Å². The third kappa shape index (κ3) is 3.57. The highest BCUT2D eigenvalue weighted by atomic mass is 16.3. The van der Waals surface area contributed by atoms with Gasteiger partial charge in [-0.25, -0.2) is 4.68 Å². The lowest BCUT2D eigenvalue weighted by atomic mass is 9.75. The summed E-state index contributed by atoms with van der Waals surface area (Å²) in [7, 11) is 0. The molecule has 4 heterocycles. The summed E-state index contributed by atoms with van der Waals surface area (Å²) in [6.45, 7) is 2.97. The number of rotatable bonds is 4. The minimum absolute atomic E-state index is 0.148. The summed E-state index contributed by atoms with van der Waals surface area (Å²) < 4.78 is 1.43. The van der Waals surface area contributed by atoms with Crippen LogP contribution in [0.1, 0.15) is 43.5 Å². The maximum absolute atomic E-state index is 12.1. The molecule has 2 bridgehead atoms. The predicted molar refractivity (Wildman–Crippen MR) is 98.6 cm³/mol. The molecule has 138 valence electrons. The molecule has 0 radical (unpaired) electrons. The van der Waals surface area contributed by atoms with Crippen molar-refractivity contribution in [2.45, 2.75) is 69.8 Å². The maximum atomic E-state index is 12.1. The second kappa shape index (κ2) is 6.93. The lowest BCUT2D eigenvalue weighted by Gasteiger charge is -2.52. The average molecular weight is 354 g/mol. The van der Waals surface area contributed by atoms with Crippen molar-refractivity contribution < 1.29 is 5.11 Å². The van der Waals surface area contributed by atoms with Gasteiger partial charge in [-0.15, -0.1) is 0 Å². The first-order valence-electron chi connectivity index (χ1n) is 9.45. The molecule has 2 aliphatic rings. The summed E-state index contributed by atoms with van der Waals surface area (Å²) in [4.78, 5) is 19.1. The maximum Gasteiger partial charge on any atom is 0.266 e. The van der Waals surface area contributed by atoms with Crippen molar-refractivity contribution in [3.63, 3.8) is 0 Å². The number of piperidine rings is 2. The standard InChI is InChI=1S/C20H26N4O2/c1-15-8-9-19(25)24(22-15)14-20(26)11-17-6-4-7-18(12-20)23(17)13-16-5-2-3-10-21-16/h2-3,5,8-10,17-18,26H,4,6-7,11-14H2,1H3/t17-,18+,20?. The zero-order chi connectivity index (χ0) is 18.1. The van der Waals surface area contributed by atoms with Gasteiger partial charge < -0.3 is 5.11 Å². The third-order valence-corrected chi connectivity index (χ3v) is 5.76. The van der Waals surface area contributed by atoms with Gasteiger partial charge in [0.2, 0.25) is 0 Å².